The Morgan fingerprint density at radius 2 is 1.45 bits per heavy atom. The first-order valence-corrected chi connectivity index (χ1v) is 5.16. The number of furan rings is 1. The van der Waals surface area contributed by atoms with E-state index in [1.165, 1.54) is 12.3 Å². The summed E-state index contributed by atoms with van der Waals surface area (Å²) in [5, 5.41) is 0. The first kappa shape index (κ1) is 14.3. The third kappa shape index (κ3) is 3.06. The predicted molar refractivity (Wildman–Crippen MR) is 55.2 cm³/mol. The van der Waals surface area contributed by atoms with E-state index in [0.717, 1.165) is 12.3 Å². The van der Waals surface area contributed by atoms with Gasteiger partial charge in [-0.3, -0.25) is 0 Å². The molecule has 0 unspecified atom stereocenters. The fraction of sp³-hybridized carbons (Fsp3) is 0.167. The summed E-state index contributed by atoms with van der Waals surface area (Å²) < 4.78 is 85.2. The molecule has 20 heavy (non-hydrogen) atoms. The summed E-state index contributed by atoms with van der Waals surface area (Å²) >= 11 is 0. The summed E-state index contributed by atoms with van der Waals surface area (Å²) in [6.45, 7) is 0. The SMILES string of the molecule is FC(F)(F)c1ccc(Oc2ccoc2)cc1C(F)(F)F. The van der Waals surface area contributed by atoms with Crippen LogP contribution in [0, 0.1) is 0 Å². The molecule has 1 aromatic carbocycles. The quantitative estimate of drug-likeness (QED) is 0.718. The smallest absolute Gasteiger partial charge is 0.417 e. The van der Waals surface area contributed by atoms with Crippen molar-refractivity contribution in [2.24, 2.45) is 0 Å². The molecule has 0 spiro atoms. The highest BCUT2D eigenvalue weighted by Gasteiger charge is 2.43. The molecule has 0 bridgehead atoms. The standard InChI is InChI=1S/C12H6F6O2/c13-11(14,15)9-2-1-7(5-10(9)12(16,17)18)20-8-3-4-19-6-8/h1-6H. The number of halogens is 6. The molecule has 2 rings (SSSR count). The predicted octanol–water partition coefficient (Wildman–Crippen LogP) is 5.11. The maximum atomic E-state index is 12.7. The van der Waals surface area contributed by atoms with Crippen molar-refractivity contribution in [3.63, 3.8) is 0 Å². The van der Waals surface area contributed by atoms with E-state index in [1.54, 1.807) is 0 Å². The zero-order valence-corrected chi connectivity index (χ0v) is 9.55. The van der Waals surface area contributed by atoms with E-state index in [4.69, 9.17) is 4.74 Å². The van der Waals surface area contributed by atoms with E-state index < -0.39 is 23.5 Å². The van der Waals surface area contributed by atoms with Crippen molar-refractivity contribution in [1.29, 1.82) is 0 Å². The molecule has 0 amide bonds. The van der Waals surface area contributed by atoms with Crippen LogP contribution in [0.5, 0.6) is 11.5 Å². The lowest BCUT2D eigenvalue weighted by atomic mass is 10.1. The molecule has 108 valence electrons. The summed E-state index contributed by atoms with van der Waals surface area (Å²) in [7, 11) is 0. The van der Waals surface area contributed by atoms with Crippen LogP contribution in [-0.2, 0) is 12.4 Å². The van der Waals surface area contributed by atoms with E-state index in [2.05, 4.69) is 4.42 Å². The summed E-state index contributed by atoms with van der Waals surface area (Å²) in [5.74, 6) is -0.287. The van der Waals surface area contributed by atoms with Gasteiger partial charge in [0.05, 0.1) is 17.4 Å². The second-order valence-electron chi connectivity index (χ2n) is 3.76. The number of alkyl halides is 6. The monoisotopic (exact) mass is 296 g/mol. The molecule has 2 aromatic rings. The van der Waals surface area contributed by atoms with E-state index >= 15 is 0 Å². The van der Waals surface area contributed by atoms with Crippen LogP contribution in [0.3, 0.4) is 0 Å². The van der Waals surface area contributed by atoms with Crippen LogP contribution in [0.15, 0.2) is 41.2 Å². The molecular weight excluding hydrogens is 290 g/mol. The second-order valence-corrected chi connectivity index (χ2v) is 3.76. The topological polar surface area (TPSA) is 22.4 Å². The Hall–Kier alpha value is -2.12. The maximum Gasteiger partial charge on any atom is 0.417 e. The largest absolute Gasteiger partial charge is 0.469 e. The molecule has 1 heterocycles. The highest BCUT2D eigenvalue weighted by atomic mass is 19.4. The molecular formula is C12H6F6O2. The van der Waals surface area contributed by atoms with Crippen LogP contribution < -0.4 is 4.74 Å². The minimum Gasteiger partial charge on any atom is -0.469 e. The van der Waals surface area contributed by atoms with Crippen molar-refractivity contribution < 1.29 is 35.5 Å². The maximum absolute atomic E-state index is 12.7. The molecule has 0 saturated heterocycles. The number of hydrogen-bond acceptors (Lipinski definition) is 2. The van der Waals surface area contributed by atoms with Gasteiger partial charge in [-0.1, -0.05) is 0 Å². The lowest BCUT2D eigenvalue weighted by Crippen LogP contribution is -2.16. The molecule has 0 atom stereocenters. The minimum atomic E-state index is -5.14. The van der Waals surface area contributed by atoms with Gasteiger partial charge in [0.25, 0.3) is 0 Å². The molecule has 0 aliphatic heterocycles. The third-order valence-corrected chi connectivity index (χ3v) is 2.33. The lowest BCUT2D eigenvalue weighted by Gasteiger charge is -2.16. The summed E-state index contributed by atoms with van der Waals surface area (Å²) in [4.78, 5) is 0. The number of benzene rings is 1. The van der Waals surface area contributed by atoms with E-state index in [9.17, 15) is 26.3 Å². The van der Waals surface area contributed by atoms with Gasteiger partial charge in [0, 0.05) is 6.07 Å². The van der Waals surface area contributed by atoms with Crippen LogP contribution in [0.4, 0.5) is 26.3 Å². The van der Waals surface area contributed by atoms with Crippen LogP contribution >= 0.6 is 0 Å². The van der Waals surface area contributed by atoms with Crippen molar-refractivity contribution in [2.75, 3.05) is 0 Å². The van der Waals surface area contributed by atoms with Gasteiger partial charge in [0.1, 0.15) is 12.0 Å². The molecule has 0 fully saturated rings. The highest BCUT2D eigenvalue weighted by Crippen LogP contribution is 2.42. The molecule has 0 N–H and O–H groups in total. The van der Waals surface area contributed by atoms with Gasteiger partial charge < -0.3 is 9.15 Å². The Kier molecular flexibility index (Phi) is 3.41. The van der Waals surface area contributed by atoms with Crippen molar-refractivity contribution in [3.05, 3.63) is 47.9 Å². The first-order valence-electron chi connectivity index (χ1n) is 5.16. The molecule has 8 heteroatoms. The lowest BCUT2D eigenvalue weighted by molar-refractivity contribution is -0.162. The van der Waals surface area contributed by atoms with Crippen LogP contribution in [0.2, 0.25) is 0 Å². The molecule has 1 aromatic heterocycles. The molecule has 0 aliphatic rings. The Bertz CT molecular complexity index is 583. The van der Waals surface area contributed by atoms with Gasteiger partial charge in [0.2, 0.25) is 0 Å². The highest BCUT2D eigenvalue weighted by molar-refractivity contribution is 5.40. The Morgan fingerprint density at radius 1 is 0.800 bits per heavy atom. The van der Waals surface area contributed by atoms with Gasteiger partial charge in [-0.15, -0.1) is 0 Å². The van der Waals surface area contributed by atoms with Gasteiger partial charge in [-0.2, -0.15) is 26.3 Å². The average molecular weight is 296 g/mol. The Labute approximate surface area is 108 Å². The molecule has 0 aliphatic carbocycles. The zero-order valence-electron chi connectivity index (χ0n) is 9.55. The normalized spacial score (nSPS) is 12.5. The van der Waals surface area contributed by atoms with Crippen molar-refractivity contribution >= 4 is 0 Å². The number of rotatable bonds is 2. The summed E-state index contributed by atoms with van der Waals surface area (Å²) in [6, 6.07) is 2.75. The second kappa shape index (κ2) is 4.77. The summed E-state index contributed by atoms with van der Waals surface area (Å²) in [6.07, 6.45) is -7.92. The van der Waals surface area contributed by atoms with Crippen molar-refractivity contribution in [3.8, 4) is 11.5 Å². The van der Waals surface area contributed by atoms with Gasteiger partial charge >= 0.3 is 12.4 Å². The van der Waals surface area contributed by atoms with E-state index in [-0.39, 0.29) is 11.5 Å². The van der Waals surface area contributed by atoms with Crippen molar-refractivity contribution in [1.82, 2.24) is 0 Å². The van der Waals surface area contributed by atoms with Crippen LogP contribution in [0.1, 0.15) is 11.1 Å². The Morgan fingerprint density at radius 3 is 1.95 bits per heavy atom. The number of hydrogen-bond donors (Lipinski definition) is 0. The van der Waals surface area contributed by atoms with E-state index in [0.29, 0.717) is 12.1 Å². The van der Waals surface area contributed by atoms with Gasteiger partial charge in [-0.05, 0) is 18.2 Å². The molecule has 0 saturated carbocycles. The summed E-state index contributed by atoms with van der Waals surface area (Å²) in [5.41, 5.74) is -3.56. The fourth-order valence-corrected chi connectivity index (χ4v) is 1.51. The van der Waals surface area contributed by atoms with Crippen molar-refractivity contribution in [2.45, 2.75) is 12.4 Å². The van der Waals surface area contributed by atoms with Crippen LogP contribution in [0.25, 0.3) is 0 Å². The fourth-order valence-electron chi connectivity index (χ4n) is 1.51. The van der Waals surface area contributed by atoms with Crippen LogP contribution in [-0.4, -0.2) is 0 Å². The van der Waals surface area contributed by atoms with Gasteiger partial charge in [-0.25, -0.2) is 0 Å². The van der Waals surface area contributed by atoms with E-state index in [1.807, 2.05) is 0 Å². The van der Waals surface area contributed by atoms with Gasteiger partial charge in [0.15, 0.2) is 5.75 Å². The average Bonchev–Trinajstić information content (AvgIpc) is 2.79. The zero-order chi connectivity index (χ0) is 15.0. The third-order valence-electron chi connectivity index (χ3n) is 2.33. The minimum absolute atomic E-state index is 0.0814. The molecule has 2 nitrogen and oxygen atoms in total. The Balaban J connectivity index is 2.44. The molecule has 0 radical (unpaired) electrons. The first-order chi connectivity index (χ1) is 9.18. The number of ether oxygens (including phenoxy) is 1.